The first-order valence-electron chi connectivity index (χ1n) is 7.75. The van der Waals surface area contributed by atoms with Crippen LogP contribution in [0.25, 0.3) is 0 Å². The lowest BCUT2D eigenvalue weighted by Gasteiger charge is -2.16. The molecule has 1 saturated heterocycles. The van der Waals surface area contributed by atoms with Crippen molar-refractivity contribution in [2.24, 2.45) is 5.92 Å². The van der Waals surface area contributed by atoms with Crippen LogP contribution in [0.15, 0.2) is 21.6 Å². The summed E-state index contributed by atoms with van der Waals surface area (Å²) in [5.41, 5.74) is 0.756. The van der Waals surface area contributed by atoms with Gasteiger partial charge in [0.25, 0.3) is 5.56 Å². The van der Waals surface area contributed by atoms with Gasteiger partial charge < -0.3 is 9.42 Å². The Hall–Kier alpha value is -2.18. The Bertz CT molecular complexity index is 685. The van der Waals surface area contributed by atoms with Crippen molar-refractivity contribution >= 4 is 5.69 Å². The zero-order valence-electron chi connectivity index (χ0n) is 13.0. The fourth-order valence-corrected chi connectivity index (χ4v) is 2.61. The summed E-state index contributed by atoms with van der Waals surface area (Å²) < 4.78 is 6.54. The minimum absolute atomic E-state index is 0.139. The van der Waals surface area contributed by atoms with Crippen LogP contribution >= 0.6 is 0 Å². The van der Waals surface area contributed by atoms with Crippen molar-refractivity contribution in [2.75, 3.05) is 18.0 Å². The molecule has 0 saturated carbocycles. The van der Waals surface area contributed by atoms with Crippen LogP contribution in [-0.2, 0) is 13.0 Å². The van der Waals surface area contributed by atoms with Crippen LogP contribution in [0.4, 0.5) is 5.69 Å². The van der Waals surface area contributed by atoms with Crippen LogP contribution in [0.1, 0.15) is 38.4 Å². The molecule has 118 valence electrons. The van der Waals surface area contributed by atoms with Crippen molar-refractivity contribution in [3.05, 3.63) is 34.3 Å². The summed E-state index contributed by atoms with van der Waals surface area (Å²) in [6.45, 7) is 6.41. The van der Waals surface area contributed by atoms with Crippen LogP contribution in [-0.4, -0.2) is 33.0 Å². The molecule has 0 radical (unpaired) electrons. The molecule has 0 N–H and O–H groups in total. The summed E-state index contributed by atoms with van der Waals surface area (Å²) >= 11 is 0. The molecular formula is C15H21N5O2. The lowest BCUT2D eigenvalue weighted by molar-refractivity contribution is 0.357. The zero-order valence-corrected chi connectivity index (χ0v) is 13.0. The topological polar surface area (TPSA) is 77.1 Å². The van der Waals surface area contributed by atoms with Crippen LogP contribution < -0.4 is 10.5 Å². The molecule has 0 amide bonds. The van der Waals surface area contributed by atoms with Gasteiger partial charge in [-0.25, -0.2) is 4.68 Å². The van der Waals surface area contributed by atoms with Gasteiger partial charge in [-0.2, -0.15) is 10.1 Å². The number of rotatable bonds is 5. The maximum atomic E-state index is 12.2. The van der Waals surface area contributed by atoms with Crippen molar-refractivity contribution in [1.29, 1.82) is 0 Å². The highest BCUT2D eigenvalue weighted by Crippen LogP contribution is 2.16. The molecule has 7 nitrogen and oxygen atoms in total. The molecule has 0 spiro atoms. The summed E-state index contributed by atoms with van der Waals surface area (Å²) in [4.78, 5) is 18.7. The van der Waals surface area contributed by atoms with E-state index in [0.29, 0.717) is 17.6 Å². The Balaban J connectivity index is 1.72. The number of hydrogen-bond acceptors (Lipinski definition) is 6. The van der Waals surface area contributed by atoms with Gasteiger partial charge in [-0.1, -0.05) is 19.0 Å². The number of aromatic nitrogens is 4. The molecule has 0 aliphatic carbocycles. The Labute approximate surface area is 128 Å². The van der Waals surface area contributed by atoms with E-state index in [4.69, 9.17) is 4.52 Å². The van der Waals surface area contributed by atoms with Gasteiger partial charge in [0.05, 0.1) is 11.9 Å². The van der Waals surface area contributed by atoms with Crippen molar-refractivity contribution in [1.82, 2.24) is 19.9 Å². The van der Waals surface area contributed by atoms with Crippen molar-refractivity contribution in [3.63, 3.8) is 0 Å². The molecule has 1 aliphatic rings. The summed E-state index contributed by atoms with van der Waals surface area (Å²) in [7, 11) is 0. The highest BCUT2D eigenvalue weighted by Gasteiger charge is 2.15. The van der Waals surface area contributed by atoms with Crippen molar-refractivity contribution in [2.45, 2.75) is 39.7 Å². The van der Waals surface area contributed by atoms with E-state index < -0.39 is 0 Å². The van der Waals surface area contributed by atoms with Gasteiger partial charge in [0.1, 0.15) is 6.54 Å². The van der Waals surface area contributed by atoms with Gasteiger partial charge in [0.2, 0.25) is 5.89 Å². The molecule has 0 unspecified atom stereocenters. The van der Waals surface area contributed by atoms with Crippen LogP contribution in [0, 0.1) is 5.92 Å². The Morgan fingerprint density at radius 3 is 2.77 bits per heavy atom. The zero-order chi connectivity index (χ0) is 15.5. The minimum Gasteiger partial charge on any atom is -0.370 e. The van der Waals surface area contributed by atoms with Gasteiger partial charge >= 0.3 is 0 Å². The molecule has 2 aromatic heterocycles. The summed E-state index contributed by atoms with van der Waals surface area (Å²) in [6.07, 6.45) is 4.82. The second-order valence-corrected chi connectivity index (χ2v) is 6.11. The smallest absolute Gasteiger partial charge is 0.269 e. The highest BCUT2D eigenvalue weighted by atomic mass is 16.5. The first kappa shape index (κ1) is 14.7. The first-order chi connectivity index (χ1) is 10.6. The molecule has 1 fully saturated rings. The van der Waals surface area contributed by atoms with Crippen LogP contribution in [0.3, 0.4) is 0 Å². The maximum absolute atomic E-state index is 12.2. The van der Waals surface area contributed by atoms with E-state index in [1.807, 2.05) is 0 Å². The quantitative estimate of drug-likeness (QED) is 0.832. The Morgan fingerprint density at radius 1 is 1.32 bits per heavy atom. The van der Waals surface area contributed by atoms with E-state index in [9.17, 15) is 4.79 Å². The van der Waals surface area contributed by atoms with E-state index in [2.05, 4.69) is 34.0 Å². The standard InChI is InChI=1S/C15H21N5O2/c1-11(2)7-14-17-13(18-22-14)10-20-15(21)8-12(9-16-20)19-5-3-4-6-19/h8-9,11H,3-7,10H2,1-2H3. The largest absolute Gasteiger partial charge is 0.370 e. The fraction of sp³-hybridized carbons (Fsp3) is 0.600. The third kappa shape index (κ3) is 3.35. The van der Waals surface area contributed by atoms with E-state index in [0.717, 1.165) is 25.2 Å². The molecule has 3 rings (SSSR count). The SMILES string of the molecule is CC(C)Cc1nc(Cn2ncc(N3CCCC3)cc2=O)no1. The molecule has 0 aromatic carbocycles. The summed E-state index contributed by atoms with van der Waals surface area (Å²) in [5, 5.41) is 8.14. The molecule has 3 heterocycles. The highest BCUT2D eigenvalue weighted by molar-refractivity contribution is 5.43. The van der Waals surface area contributed by atoms with Gasteiger partial charge in [-0.05, 0) is 18.8 Å². The third-order valence-corrected chi connectivity index (χ3v) is 3.71. The second kappa shape index (κ2) is 6.29. The lowest BCUT2D eigenvalue weighted by atomic mass is 10.1. The lowest BCUT2D eigenvalue weighted by Crippen LogP contribution is -2.26. The van der Waals surface area contributed by atoms with Gasteiger partial charge in [0, 0.05) is 25.6 Å². The third-order valence-electron chi connectivity index (χ3n) is 3.71. The van der Waals surface area contributed by atoms with Crippen molar-refractivity contribution < 1.29 is 4.52 Å². The van der Waals surface area contributed by atoms with Crippen LogP contribution in [0.5, 0.6) is 0 Å². The van der Waals surface area contributed by atoms with Gasteiger partial charge in [-0.3, -0.25) is 4.79 Å². The molecule has 7 heteroatoms. The van der Waals surface area contributed by atoms with E-state index in [1.54, 1.807) is 12.3 Å². The fourth-order valence-electron chi connectivity index (χ4n) is 2.61. The number of nitrogens with zero attached hydrogens (tertiary/aromatic N) is 5. The molecule has 0 bridgehead atoms. The van der Waals surface area contributed by atoms with Gasteiger partial charge in [-0.15, -0.1) is 0 Å². The monoisotopic (exact) mass is 303 g/mol. The maximum Gasteiger partial charge on any atom is 0.269 e. The van der Waals surface area contributed by atoms with E-state index in [-0.39, 0.29) is 12.1 Å². The minimum atomic E-state index is -0.139. The van der Waals surface area contributed by atoms with E-state index >= 15 is 0 Å². The average Bonchev–Trinajstić information content (AvgIpc) is 3.12. The predicted molar refractivity (Wildman–Crippen MR) is 81.9 cm³/mol. The molecule has 0 atom stereocenters. The molecule has 2 aromatic rings. The normalized spacial score (nSPS) is 15.0. The predicted octanol–water partition coefficient (Wildman–Crippen LogP) is 1.47. The average molecular weight is 303 g/mol. The van der Waals surface area contributed by atoms with E-state index in [1.165, 1.54) is 17.5 Å². The van der Waals surface area contributed by atoms with Crippen LogP contribution in [0.2, 0.25) is 0 Å². The second-order valence-electron chi connectivity index (χ2n) is 6.11. The Morgan fingerprint density at radius 2 is 2.09 bits per heavy atom. The summed E-state index contributed by atoms with van der Waals surface area (Å²) in [6, 6.07) is 1.63. The first-order valence-corrected chi connectivity index (χ1v) is 7.75. The molecule has 22 heavy (non-hydrogen) atoms. The molecule has 1 aliphatic heterocycles. The van der Waals surface area contributed by atoms with Gasteiger partial charge in [0.15, 0.2) is 5.82 Å². The Kier molecular flexibility index (Phi) is 4.22. The van der Waals surface area contributed by atoms with Crippen molar-refractivity contribution in [3.8, 4) is 0 Å². The number of hydrogen-bond donors (Lipinski definition) is 0. The molecular weight excluding hydrogens is 282 g/mol. The number of anilines is 1. The summed E-state index contributed by atoms with van der Waals surface area (Å²) in [5.74, 6) is 1.54.